The van der Waals surface area contributed by atoms with Crippen molar-refractivity contribution < 1.29 is 14.7 Å². The van der Waals surface area contributed by atoms with Gasteiger partial charge >= 0.3 is 5.97 Å². The maximum atomic E-state index is 12.2. The van der Waals surface area contributed by atoms with Gasteiger partial charge in [-0.25, -0.2) is 0 Å². The van der Waals surface area contributed by atoms with Crippen LogP contribution < -0.4 is 0 Å². The maximum absolute atomic E-state index is 12.2. The summed E-state index contributed by atoms with van der Waals surface area (Å²) in [5.41, 5.74) is 0.891. The molecule has 0 aliphatic heterocycles. The Morgan fingerprint density at radius 3 is 2.43 bits per heavy atom. The van der Waals surface area contributed by atoms with Gasteiger partial charge in [-0.3, -0.25) is 9.59 Å². The number of aliphatic carboxylic acids is 1. The minimum absolute atomic E-state index is 0.0289. The van der Waals surface area contributed by atoms with Crippen LogP contribution in [0.25, 0.3) is 6.08 Å². The van der Waals surface area contributed by atoms with E-state index in [1.54, 1.807) is 23.1 Å². The number of carbonyl (C=O) groups is 2. The van der Waals surface area contributed by atoms with Gasteiger partial charge in [-0.2, -0.15) is 0 Å². The van der Waals surface area contributed by atoms with E-state index >= 15 is 0 Å². The van der Waals surface area contributed by atoms with Gasteiger partial charge in [-0.05, 0) is 44.0 Å². The van der Waals surface area contributed by atoms with Crippen molar-refractivity contribution in [2.75, 3.05) is 6.54 Å². The van der Waals surface area contributed by atoms with E-state index < -0.39 is 5.97 Å². The van der Waals surface area contributed by atoms with Crippen molar-refractivity contribution in [1.29, 1.82) is 0 Å². The van der Waals surface area contributed by atoms with Crippen LogP contribution in [-0.4, -0.2) is 34.5 Å². The Bertz CT molecular complexity index is 509. The molecule has 1 amide bonds. The highest BCUT2D eigenvalue weighted by atomic mass is 35.5. The monoisotopic (exact) mass is 309 g/mol. The largest absolute Gasteiger partial charge is 0.481 e. The molecule has 0 aliphatic rings. The number of hydrogen-bond donors (Lipinski definition) is 1. The predicted molar refractivity (Wildman–Crippen MR) is 84.2 cm³/mol. The highest BCUT2D eigenvalue weighted by molar-refractivity contribution is 6.30. The molecular formula is C16H20ClNO3. The van der Waals surface area contributed by atoms with Gasteiger partial charge in [0.25, 0.3) is 0 Å². The second-order valence-corrected chi connectivity index (χ2v) is 5.44. The lowest BCUT2D eigenvalue weighted by Crippen LogP contribution is -2.36. The maximum Gasteiger partial charge on any atom is 0.303 e. The lowest BCUT2D eigenvalue weighted by Gasteiger charge is -2.25. The quantitative estimate of drug-likeness (QED) is 0.785. The van der Waals surface area contributed by atoms with Crippen LogP contribution in [0, 0.1) is 0 Å². The molecule has 1 N–H and O–H groups in total. The molecule has 0 unspecified atom stereocenters. The number of carboxylic acid groups (broad SMARTS) is 1. The molecule has 1 aromatic rings. The Morgan fingerprint density at radius 1 is 1.29 bits per heavy atom. The van der Waals surface area contributed by atoms with Crippen molar-refractivity contribution in [1.82, 2.24) is 4.90 Å². The van der Waals surface area contributed by atoms with Crippen molar-refractivity contribution in [2.24, 2.45) is 0 Å². The average Bonchev–Trinajstić information content (AvgIpc) is 2.42. The Hall–Kier alpha value is -1.81. The minimum Gasteiger partial charge on any atom is -0.481 e. The summed E-state index contributed by atoms with van der Waals surface area (Å²) < 4.78 is 0. The first-order valence-electron chi connectivity index (χ1n) is 6.86. The number of amides is 1. The van der Waals surface area contributed by atoms with E-state index in [1.165, 1.54) is 6.08 Å². The molecule has 5 heteroatoms. The Labute approximate surface area is 130 Å². The standard InChI is InChI=1S/C16H20ClNO3/c1-12(2)18(11-3-4-16(20)21)15(19)10-7-13-5-8-14(17)9-6-13/h5-10,12H,3-4,11H2,1-2H3,(H,20,21)/b10-7+. The van der Waals surface area contributed by atoms with E-state index in [-0.39, 0.29) is 18.4 Å². The molecule has 0 spiro atoms. The van der Waals surface area contributed by atoms with Crippen molar-refractivity contribution in [3.63, 3.8) is 0 Å². The lowest BCUT2D eigenvalue weighted by molar-refractivity contribution is -0.138. The first kappa shape index (κ1) is 17.2. The molecule has 0 radical (unpaired) electrons. The van der Waals surface area contributed by atoms with E-state index in [1.807, 2.05) is 26.0 Å². The highest BCUT2D eigenvalue weighted by Crippen LogP contribution is 2.11. The number of halogens is 1. The molecule has 0 fully saturated rings. The van der Waals surface area contributed by atoms with E-state index in [2.05, 4.69) is 0 Å². The topological polar surface area (TPSA) is 57.6 Å². The summed E-state index contributed by atoms with van der Waals surface area (Å²) in [5.74, 6) is -0.965. The number of carboxylic acids is 1. The van der Waals surface area contributed by atoms with Crippen LogP contribution in [-0.2, 0) is 9.59 Å². The van der Waals surface area contributed by atoms with Gasteiger partial charge in [0.05, 0.1) is 0 Å². The lowest BCUT2D eigenvalue weighted by atomic mass is 10.2. The molecule has 0 bridgehead atoms. The number of benzene rings is 1. The molecule has 1 rings (SSSR count). The van der Waals surface area contributed by atoms with Crippen LogP contribution >= 0.6 is 11.6 Å². The van der Waals surface area contributed by atoms with Crippen LogP contribution in [0.2, 0.25) is 5.02 Å². The molecule has 0 aromatic heterocycles. The van der Waals surface area contributed by atoms with Crippen molar-refractivity contribution >= 4 is 29.6 Å². The predicted octanol–water partition coefficient (Wildman–Crippen LogP) is 3.46. The van der Waals surface area contributed by atoms with Crippen LogP contribution in [0.15, 0.2) is 30.3 Å². The van der Waals surface area contributed by atoms with E-state index in [0.717, 1.165) is 5.56 Å². The van der Waals surface area contributed by atoms with Crippen LogP contribution in [0.1, 0.15) is 32.3 Å². The third-order valence-electron chi connectivity index (χ3n) is 2.98. The summed E-state index contributed by atoms with van der Waals surface area (Å²) in [6.07, 6.45) is 3.75. The van der Waals surface area contributed by atoms with Crippen molar-refractivity contribution in [3.05, 3.63) is 40.9 Å². The number of hydrogen-bond acceptors (Lipinski definition) is 2. The van der Waals surface area contributed by atoms with Gasteiger partial charge in [0.15, 0.2) is 0 Å². The minimum atomic E-state index is -0.845. The number of nitrogens with zero attached hydrogens (tertiary/aromatic N) is 1. The molecule has 4 nitrogen and oxygen atoms in total. The van der Waals surface area contributed by atoms with Gasteiger partial charge < -0.3 is 10.0 Å². The van der Waals surface area contributed by atoms with Gasteiger partial charge in [-0.1, -0.05) is 23.7 Å². The van der Waals surface area contributed by atoms with Crippen LogP contribution in [0.3, 0.4) is 0 Å². The molecular weight excluding hydrogens is 290 g/mol. The van der Waals surface area contributed by atoms with Gasteiger partial charge in [0.1, 0.15) is 0 Å². The Kier molecular flexibility index (Phi) is 6.96. The van der Waals surface area contributed by atoms with Crippen LogP contribution in [0.5, 0.6) is 0 Å². The molecule has 0 saturated heterocycles. The van der Waals surface area contributed by atoms with Gasteiger partial charge in [0, 0.05) is 30.1 Å². The zero-order valence-corrected chi connectivity index (χ0v) is 13.0. The molecule has 1 aromatic carbocycles. The molecule has 0 atom stereocenters. The zero-order chi connectivity index (χ0) is 15.8. The number of carbonyl (C=O) groups excluding carboxylic acids is 1. The third-order valence-corrected chi connectivity index (χ3v) is 3.24. The average molecular weight is 310 g/mol. The molecule has 0 heterocycles. The Morgan fingerprint density at radius 2 is 1.90 bits per heavy atom. The molecule has 21 heavy (non-hydrogen) atoms. The summed E-state index contributed by atoms with van der Waals surface area (Å²) in [6, 6.07) is 7.21. The molecule has 0 aliphatic carbocycles. The molecule has 114 valence electrons. The SMILES string of the molecule is CC(C)N(CCCC(=O)O)C(=O)/C=C/c1ccc(Cl)cc1. The fraction of sp³-hybridized carbons (Fsp3) is 0.375. The van der Waals surface area contributed by atoms with E-state index in [9.17, 15) is 9.59 Å². The smallest absolute Gasteiger partial charge is 0.303 e. The first-order valence-corrected chi connectivity index (χ1v) is 7.24. The Balaban J connectivity index is 2.63. The second kappa shape index (κ2) is 8.47. The van der Waals surface area contributed by atoms with Crippen molar-refractivity contribution in [3.8, 4) is 0 Å². The highest BCUT2D eigenvalue weighted by Gasteiger charge is 2.14. The van der Waals surface area contributed by atoms with E-state index in [0.29, 0.717) is 18.0 Å². The zero-order valence-electron chi connectivity index (χ0n) is 12.3. The first-order chi connectivity index (χ1) is 9.90. The van der Waals surface area contributed by atoms with Gasteiger partial charge in [0.2, 0.25) is 5.91 Å². The number of rotatable bonds is 7. The van der Waals surface area contributed by atoms with Crippen molar-refractivity contribution in [2.45, 2.75) is 32.7 Å². The van der Waals surface area contributed by atoms with Gasteiger partial charge in [-0.15, -0.1) is 0 Å². The molecule has 0 saturated carbocycles. The summed E-state index contributed by atoms with van der Waals surface area (Å²) >= 11 is 5.80. The summed E-state index contributed by atoms with van der Waals surface area (Å²) in [7, 11) is 0. The fourth-order valence-electron chi connectivity index (χ4n) is 1.86. The summed E-state index contributed by atoms with van der Waals surface area (Å²) in [4.78, 5) is 24.4. The summed E-state index contributed by atoms with van der Waals surface area (Å²) in [6.45, 7) is 4.26. The normalized spacial score (nSPS) is 11.0. The third kappa shape index (κ3) is 6.45. The summed E-state index contributed by atoms with van der Waals surface area (Å²) in [5, 5.41) is 9.30. The van der Waals surface area contributed by atoms with Crippen LogP contribution in [0.4, 0.5) is 0 Å². The fourth-order valence-corrected chi connectivity index (χ4v) is 1.99. The van der Waals surface area contributed by atoms with E-state index in [4.69, 9.17) is 16.7 Å². The second-order valence-electron chi connectivity index (χ2n) is 5.01.